The number of aliphatic imine (C=N–C) groups is 1. The van der Waals surface area contributed by atoms with Crippen molar-refractivity contribution in [3.8, 4) is 0 Å². The molecule has 0 heterocycles. The van der Waals surface area contributed by atoms with Gasteiger partial charge >= 0.3 is 5.97 Å². The lowest BCUT2D eigenvalue weighted by atomic mass is 10.2. The predicted octanol–water partition coefficient (Wildman–Crippen LogP) is 0.957. The fraction of sp³-hybridized carbons (Fsp3) is 0.750. The number of nitrogens with zero attached hydrogens (tertiary/aromatic N) is 1. The monoisotopic (exact) mass is 173 g/mol. The van der Waals surface area contributed by atoms with E-state index in [1.807, 2.05) is 20.8 Å². The fourth-order valence-electron chi connectivity index (χ4n) is 0.507. The van der Waals surface area contributed by atoms with Gasteiger partial charge in [-0.2, -0.15) is 0 Å². The molecule has 0 aliphatic rings. The topological polar surface area (TPSA) is 58.9 Å². The number of carbonyl (C=O) groups is 1. The minimum atomic E-state index is -1.03. The smallest absolute Gasteiger partial charge is 0.352 e. The quantitative estimate of drug-likeness (QED) is 0.646. The third-order valence-electron chi connectivity index (χ3n) is 1.16. The lowest BCUT2D eigenvalue weighted by molar-refractivity contribution is -0.129. The average molecular weight is 173 g/mol. The molecule has 0 bridgehead atoms. The molecule has 0 aliphatic heterocycles. The molecule has 0 saturated carbocycles. The van der Waals surface area contributed by atoms with E-state index in [0.717, 1.165) is 0 Å². The summed E-state index contributed by atoms with van der Waals surface area (Å²) in [5, 5.41) is 8.56. The Kier molecular flexibility index (Phi) is 3.89. The summed E-state index contributed by atoms with van der Waals surface area (Å²) in [5.41, 5.74) is -0.282. The van der Waals surface area contributed by atoms with Gasteiger partial charge in [-0.3, -0.25) is 4.99 Å². The Labute approximate surface area is 72.3 Å². The van der Waals surface area contributed by atoms with Crippen molar-refractivity contribution < 1.29 is 14.6 Å². The fourth-order valence-corrected chi connectivity index (χ4v) is 0.507. The maximum absolute atomic E-state index is 10.4. The van der Waals surface area contributed by atoms with E-state index in [2.05, 4.69) is 4.99 Å². The molecule has 1 N–H and O–H groups in total. The van der Waals surface area contributed by atoms with Crippen molar-refractivity contribution in [1.29, 1.82) is 0 Å². The molecule has 0 rings (SSSR count). The van der Waals surface area contributed by atoms with Crippen LogP contribution in [0.15, 0.2) is 4.99 Å². The molecular formula is C8H15NO3. The van der Waals surface area contributed by atoms with E-state index in [-0.39, 0.29) is 17.9 Å². The Morgan fingerprint density at radius 3 is 2.25 bits per heavy atom. The predicted molar refractivity (Wildman–Crippen MR) is 46.7 cm³/mol. The van der Waals surface area contributed by atoms with Gasteiger partial charge in [-0.1, -0.05) is 0 Å². The first-order chi connectivity index (χ1) is 5.37. The molecule has 0 unspecified atom stereocenters. The van der Waals surface area contributed by atoms with E-state index in [1.165, 1.54) is 7.05 Å². The molecule has 0 saturated heterocycles. The summed E-state index contributed by atoms with van der Waals surface area (Å²) in [7, 11) is 1.44. The van der Waals surface area contributed by atoms with Gasteiger partial charge in [0.15, 0.2) is 0 Å². The van der Waals surface area contributed by atoms with Gasteiger partial charge in [0.1, 0.15) is 5.71 Å². The Morgan fingerprint density at radius 1 is 1.50 bits per heavy atom. The highest BCUT2D eigenvalue weighted by Gasteiger charge is 2.14. The van der Waals surface area contributed by atoms with Gasteiger partial charge in [0.05, 0.1) is 12.2 Å². The van der Waals surface area contributed by atoms with Crippen LogP contribution in [-0.4, -0.2) is 36.0 Å². The summed E-state index contributed by atoms with van der Waals surface area (Å²) in [6.45, 7) is 5.64. The van der Waals surface area contributed by atoms with Crippen LogP contribution in [0.3, 0.4) is 0 Å². The molecule has 0 aromatic heterocycles. The van der Waals surface area contributed by atoms with Crippen molar-refractivity contribution in [3.63, 3.8) is 0 Å². The number of carboxylic acid groups (broad SMARTS) is 1. The lowest BCUT2D eigenvalue weighted by Crippen LogP contribution is -2.27. The first kappa shape index (κ1) is 11.1. The van der Waals surface area contributed by atoms with E-state index >= 15 is 0 Å². The molecule has 12 heavy (non-hydrogen) atoms. The highest BCUT2D eigenvalue weighted by molar-refractivity contribution is 6.36. The third kappa shape index (κ3) is 4.85. The molecule has 4 nitrogen and oxygen atoms in total. The van der Waals surface area contributed by atoms with Crippen LogP contribution in [0.2, 0.25) is 0 Å². The normalized spacial score (nSPS) is 13.2. The second-order valence-corrected chi connectivity index (χ2v) is 3.38. The highest BCUT2D eigenvalue weighted by atomic mass is 16.5. The molecule has 0 fully saturated rings. The summed E-state index contributed by atoms with van der Waals surface area (Å²) in [6, 6.07) is 0. The summed E-state index contributed by atoms with van der Waals surface area (Å²) in [4.78, 5) is 14.0. The summed E-state index contributed by atoms with van der Waals surface area (Å²) >= 11 is 0. The summed E-state index contributed by atoms with van der Waals surface area (Å²) < 4.78 is 5.23. The molecule has 0 radical (unpaired) electrons. The van der Waals surface area contributed by atoms with Crippen LogP contribution >= 0.6 is 0 Å². The van der Waals surface area contributed by atoms with Crippen molar-refractivity contribution in [2.45, 2.75) is 26.4 Å². The van der Waals surface area contributed by atoms with E-state index in [9.17, 15) is 4.79 Å². The number of rotatable bonds is 3. The molecule has 70 valence electrons. The summed E-state index contributed by atoms with van der Waals surface area (Å²) in [6.07, 6.45) is 0. The number of hydrogen-bond acceptors (Lipinski definition) is 3. The minimum absolute atomic E-state index is 0.0462. The Hall–Kier alpha value is -0.900. The standard InChI is InChI=1S/C8H15NO3/c1-8(2,3)12-5-6(9-4)7(10)11/h5H2,1-4H3,(H,10,11). The zero-order valence-electron chi connectivity index (χ0n) is 7.92. The van der Waals surface area contributed by atoms with E-state index < -0.39 is 5.97 Å². The lowest BCUT2D eigenvalue weighted by Gasteiger charge is -2.18. The molecule has 4 heteroatoms. The second-order valence-electron chi connectivity index (χ2n) is 3.38. The number of carboxylic acids is 1. The van der Waals surface area contributed by atoms with E-state index in [0.29, 0.717) is 0 Å². The molecule has 0 aromatic carbocycles. The van der Waals surface area contributed by atoms with Gasteiger partial charge in [-0.15, -0.1) is 0 Å². The van der Waals surface area contributed by atoms with E-state index in [1.54, 1.807) is 0 Å². The Morgan fingerprint density at radius 2 is 2.00 bits per heavy atom. The Balaban J connectivity index is 4.00. The van der Waals surface area contributed by atoms with Crippen LogP contribution in [-0.2, 0) is 9.53 Å². The van der Waals surface area contributed by atoms with Crippen molar-refractivity contribution in [1.82, 2.24) is 0 Å². The van der Waals surface area contributed by atoms with Crippen LogP contribution in [0.4, 0.5) is 0 Å². The van der Waals surface area contributed by atoms with Crippen molar-refractivity contribution in [2.75, 3.05) is 13.7 Å². The molecular weight excluding hydrogens is 158 g/mol. The maximum Gasteiger partial charge on any atom is 0.352 e. The highest BCUT2D eigenvalue weighted by Crippen LogP contribution is 2.06. The van der Waals surface area contributed by atoms with Crippen LogP contribution in [0.25, 0.3) is 0 Å². The van der Waals surface area contributed by atoms with Gasteiger partial charge in [0, 0.05) is 7.05 Å². The van der Waals surface area contributed by atoms with Crippen LogP contribution in [0.5, 0.6) is 0 Å². The molecule has 0 atom stereocenters. The first-order valence-electron chi connectivity index (χ1n) is 3.69. The van der Waals surface area contributed by atoms with E-state index in [4.69, 9.17) is 9.84 Å². The SMILES string of the molecule is CN=C(COC(C)(C)C)C(=O)O. The molecule has 0 aliphatic carbocycles. The zero-order chi connectivity index (χ0) is 9.78. The first-order valence-corrected chi connectivity index (χ1v) is 3.69. The number of aliphatic carboxylic acids is 1. The third-order valence-corrected chi connectivity index (χ3v) is 1.16. The summed E-state index contributed by atoms with van der Waals surface area (Å²) in [5.74, 6) is -1.03. The minimum Gasteiger partial charge on any atom is -0.477 e. The molecule has 0 aromatic rings. The number of ether oxygens (including phenoxy) is 1. The average Bonchev–Trinajstić information content (AvgIpc) is 1.85. The molecule has 0 spiro atoms. The maximum atomic E-state index is 10.4. The van der Waals surface area contributed by atoms with Crippen LogP contribution < -0.4 is 0 Å². The number of hydrogen-bond donors (Lipinski definition) is 1. The van der Waals surface area contributed by atoms with Crippen LogP contribution in [0, 0.1) is 0 Å². The van der Waals surface area contributed by atoms with Crippen molar-refractivity contribution in [2.24, 2.45) is 4.99 Å². The zero-order valence-corrected chi connectivity index (χ0v) is 7.92. The Bertz CT molecular complexity index is 191. The second kappa shape index (κ2) is 4.21. The van der Waals surface area contributed by atoms with Crippen molar-refractivity contribution in [3.05, 3.63) is 0 Å². The van der Waals surface area contributed by atoms with Gasteiger partial charge in [-0.25, -0.2) is 4.79 Å². The van der Waals surface area contributed by atoms with Gasteiger partial charge < -0.3 is 9.84 Å². The van der Waals surface area contributed by atoms with Gasteiger partial charge in [-0.05, 0) is 20.8 Å². The van der Waals surface area contributed by atoms with Crippen LogP contribution in [0.1, 0.15) is 20.8 Å². The molecule has 0 amide bonds. The van der Waals surface area contributed by atoms with Crippen molar-refractivity contribution >= 4 is 11.7 Å². The van der Waals surface area contributed by atoms with Gasteiger partial charge in [0.25, 0.3) is 0 Å². The largest absolute Gasteiger partial charge is 0.477 e. The van der Waals surface area contributed by atoms with Gasteiger partial charge in [0.2, 0.25) is 0 Å².